The molecule has 1 heterocycles. The van der Waals surface area contributed by atoms with E-state index in [9.17, 15) is 0 Å². The molecule has 0 aliphatic carbocycles. The van der Waals surface area contributed by atoms with Crippen molar-refractivity contribution in [2.45, 2.75) is 59.5 Å². The van der Waals surface area contributed by atoms with Crippen LogP contribution >= 0.6 is 15.9 Å². The van der Waals surface area contributed by atoms with Crippen LogP contribution in [-0.2, 0) is 16.8 Å². The zero-order chi connectivity index (χ0) is 15.2. The van der Waals surface area contributed by atoms with Crippen LogP contribution in [-0.4, -0.2) is 23.1 Å². The Labute approximate surface area is 130 Å². The number of ether oxygens (including phenoxy) is 1. The zero-order valence-electron chi connectivity index (χ0n) is 13.2. The van der Waals surface area contributed by atoms with Gasteiger partial charge in [0.15, 0.2) is 5.82 Å². The molecule has 0 unspecified atom stereocenters. The Morgan fingerprint density at radius 2 is 1.85 bits per heavy atom. The maximum Gasteiger partial charge on any atom is 0.162 e. The van der Waals surface area contributed by atoms with Crippen LogP contribution in [0.1, 0.15) is 59.0 Å². The van der Waals surface area contributed by atoms with E-state index >= 15 is 0 Å². The number of hydrogen-bond acceptors (Lipinski definition) is 4. The summed E-state index contributed by atoms with van der Waals surface area (Å²) in [6.07, 6.45) is 3.04. The van der Waals surface area contributed by atoms with Crippen molar-refractivity contribution in [1.82, 2.24) is 9.97 Å². The highest BCUT2D eigenvalue weighted by atomic mass is 79.9. The van der Waals surface area contributed by atoms with Crippen LogP contribution in [0.15, 0.2) is 4.47 Å². The molecule has 0 atom stereocenters. The summed E-state index contributed by atoms with van der Waals surface area (Å²) >= 11 is 3.62. The quantitative estimate of drug-likeness (QED) is 0.764. The molecule has 1 aromatic rings. The van der Waals surface area contributed by atoms with E-state index in [1.54, 1.807) is 0 Å². The van der Waals surface area contributed by atoms with Crippen molar-refractivity contribution < 1.29 is 4.74 Å². The van der Waals surface area contributed by atoms with Crippen molar-refractivity contribution in [2.75, 3.05) is 18.5 Å². The number of aryl methyl sites for hydroxylation is 1. The molecule has 1 N–H and O–H groups in total. The molecule has 5 heteroatoms. The summed E-state index contributed by atoms with van der Waals surface area (Å²) in [6, 6.07) is 0. The second-order valence-corrected chi connectivity index (χ2v) is 6.07. The van der Waals surface area contributed by atoms with Gasteiger partial charge >= 0.3 is 0 Å². The fraction of sp³-hybridized carbons (Fsp3) is 0.733. The Hall–Kier alpha value is -0.680. The van der Waals surface area contributed by atoms with Gasteiger partial charge < -0.3 is 10.1 Å². The second kappa shape index (κ2) is 7.93. The molecule has 0 amide bonds. The molecule has 0 saturated heterocycles. The Bertz CT molecular complexity index is 435. The maximum atomic E-state index is 5.78. The molecule has 20 heavy (non-hydrogen) atoms. The number of halogens is 1. The van der Waals surface area contributed by atoms with Gasteiger partial charge in [-0.15, -0.1) is 0 Å². The van der Waals surface area contributed by atoms with Gasteiger partial charge in [-0.2, -0.15) is 0 Å². The molecule has 0 aromatic carbocycles. The second-order valence-electron chi connectivity index (χ2n) is 5.28. The first-order valence-electron chi connectivity index (χ1n) is 7.40. The van der Waals surface area contributed by atoms with Crippen LogP contribution in [0.25, 0.3) is 0 Å². The number of rotatable bonds is 8. The highest BCUT2D eigenvalue weighted by molar-refractivity contribution is 9.10. The van der Waals surface area contributed by atoms with E-state index in [0.29, 0.717) is 6.61 Å². The molecule has 0 aliphatic rings. The monoisotopic (exact) mass is 343 g/mol. The lowest BCUT2D eigenvalue weighted by Gasteiger charge is -2.24. The molecule has 1 aromatic heterocycles. The normalized spacial score (nSPS) is 11.7. The van der Waals surface area contributed by atoms with Crippen molar-refractivity contribution in [3.8, 4) is 0 Å². The molecule has 0 spiro atoms. The third-order valence-corrected chi connectivity index (χ3v) is 3.83. The third-order valence-electron chi connectivity index (χ3n) is 2.99. The van der Waals surface area contributed by atoms with E-state index in [2.05, 4.69) is 40.1 Å². The first kappa shape index (κ1) is 17.4. The minimum atomic E-state index is -0.472. The van der Waals surface area contributed by atoms with Crippen LogP contribution in [0.2, 0.25) is 0 Å². The lowest BCUT2D eigenvalue weighted by molar-refractivity contribution is -0.0208. The van der Waals surface area contributed by atoms with E-state index in [1.165, 1.54) is 0 Å². The van der Waals surface area contributed by atoms with Gasteiger partial charge in [-0.1, -0.05) is 20.3 Å². The molecular formula is C15H26BrN3O. The van der Waals surface area contributed by atoms with Gasteiger partial charge in [-0.25, -0.2) is 9.97 Å². The molecule has 0 saturated carbocycles. The predicted molar refractivity (Wildman–Crippen MR) is 87.2 cm³/mol. The highest BCUT2D eigenvalue weighted by Crippen LogP contribution is 2.29. The van der Waals surface area contributed by atoms with Crippen LogP contribution in [0.5, 0.6) is 0 Å². The van der Waals surface area contributed by atoms with Crippen molar-refractivity contribution in [2.24, 2.45) is 0 Å². The van der Waals surface area contributed by atoms with Crippen molar-refractivity contribution in [1.29, 1.82) is 0 Å². The van der Waals surface area contributed by atoms with Crippen LogP contribution < -0.4 is 5.32 Å². The number of aromatic nitrogens is 2. The van der Waals surface area contributed by atoms with Gasteiger partial charge in [0.1, 0.15) is 11.4 Å². The van der Waals surface area contributed by atoms with E-state index in [4.69, 9.17) is 9.72 Å². The zero-order valence-corrected chi connectivity index (χ0v) is 14.8. The van der Waals surface area contributed by atoms with Gasteiger partial charge in [0.05, 0.1) is 10.2 Å². The number of anilines is 1. The molecule has 0 radical (unpaired) electrons. The number of nitrogens with zero attached hydrogens (tertiary/aromatic N) is 2. The van der Waals surface area contributed by atoms with Crippen LogP contribution in [0.4, 0.5) is 5.82 Å². The largest absolute Gasteiger partial charge is 0.369 e. The topological polar surface area (TPSA) is 47.0 Å². The van der Waals surface area contributed by atoms with Gasteiger partial charge in [0.25, 0.3) is 0 Å². The third kappa shape index (κ3) is 4.42. The Morgan fingerprint density at radius 1 is 1.15 bits per heavy atom. The average Bonchev–Trinajstić information content (AvgIpc) is 2.39. The fourth-order valence-electron chi connectivity index (χ4n) is 1.95. The molecule has 0 aliphatic heterocycles. The van der Waals surface area contributed by atoms with Gasteiger partial charge in [0.2, 0.25) is 0 Å². The summed E-state index contributed by atoms with van der Waals surface area (Å²) in [4.78, 5) is 9.35. The maximum absolute atomic E-state index is 5.78. The van der Waals surface area contributed by atoms with E-state index < -0.39 is 5.60 Å². The highest BCUT2D eigenvalue weighted by Gasteiger charge is 2.26. The summed E-state index contributed by atoms with van der Waals surface area (Å²) in [5, 5.41) is 3.36. The standard InChI is InChI=1S/C15H26BrN3O/c1-6-9-11-12(16)13(17-10-7-2)19-14(18-11)15(4,5)20-8-3/h6-10H2,1-5H3,(H,17,18,19). The SMILES string of the molecule is CCCNc1nc(C(C)(C)OCC)nc(CCC)c1Br. The summed E-state index contributed by atoms with van der Waals surface area (Å²) in [7, 11) is 0. The van der Waals surface area contributed by atoms with Gasteiger partial charge in [-0.3, -0.25) is 0 Å². The van der Waals surface area contributed by atoms with Crippen molar-refractivity contribution in [3.63, 3.8) is 0 Å². The summed E-state index contributed by atoms with van der Waals surface area (Å²) in [5.74, 6) is 1.61. The molecule has 0 bridgehead atoms. The Kier molecular flexibility index (Phi) is 6.89. The average molecular weight is 344 g/mol. The van der Waals surface area contributed by atoms with Crippen molar-refractivity contribution in [3.05, 3.63) is 16.0 Å². The fourth-order valence-corrected chi connectivity index (χ4v) is 2.47. The summed E-state index contributed by atoms with van der Waals surface area (Å²) in [6.45, 7) is 11.9. The minimum absolute atomic E-state index is 0.472. The molecule has 0 fully saturated rings. The van der Waals surface area contributed by atoms with Crippen LogP contribution in [0.3, 0.4) is 0 Å². The van der Waals surface area contributed by atoms with E-state index in [1.807, 2.05) is 20.8 Å². The Balaban J connectivity index is 3.20. The van der Waals surface area contributed by atoms with E-state index in [-0.39, 0.29) is 0 Å². The lowest BCUT2D eigenvalue weighted by Crippen LogP contribution is -2.26. The lowest BCUT2D eigenvalue weighted by atomic mass is 10.1. The molecule has 1 rings (SSSR count). The predicted octanol–water partition coefficient (Wildman–Crippen LogP) is 4.29. The number of nitrogens with one attached hydrogen (secondary N) is 1. The molecular weight excluding hydrogens is 318 g/mol. The number of hydrogen-bond donors (Lipinski definition) is 1. The molecule has 4 nitrogen and oxygen atoms in total. The summed E-state index contributed by atoms with van der Waals surface area (Å²) in [5.41, 5.74) is 0.574. The molecule has 114 valence electrons. The Morgan fingerprint density at radius 3 is 2.40 bits per heavy atom. The van der Waals surface area contributed by atoms with Gasteiger partial charge in [-0.05, 0) is 49.5 Å². The van der Waals surface area contributed by atoms with Crippen LogP contribution in [0, 0.1) is 0 Å². The van der Waals surface area contributed by atoms with Crippen molar-refractivity contribution >= 4 is 21.7 Å². The summed E-state index contributed by atoms with van der Waals surface area (Å²) < 4.78 is 6.76. The minimum Gasteiger partial charge on any atom is -0.369 e. The van der Waals surface area contributed by atoms with E-state index in [0.717, 1.165) is 47.6 Å². The first-order chi connectivity index (χ1) is 9.46. The smallest absolute Gasteiger partial charge is 0.162 e. The first-order valence-corrected chi connectivity index (χ1v) is 8.20. The van der Waals surface area contributed by atoms with Gasteiger partial charge in [0, 0.05) is 13.2 Å².